The van der Waals surface area contributed by atoms with Crippen molar-refractivity contribution >= 4 is 44.6 Å². The van der Waals surface area contributed by atoms with Crippen molar-refractivity contribution in [1.82, 2.24) is 4.98 Å². The summed E-state index contributed by atoms with van der Waals surface area (Å²) in [4.78, 5) is 14.9. The highest BCUT2D eigenvalue weighted by molar-refractivity contribution is 9.10. The Balaban J connectivity index is 0.00000144. The van der Waals surface area contributed by atoms with Crippen LogP contribution in [-0.4, -0.2) is 15.7 Å². The molecule has 1 rings (SSSR count). The average Bonchev–Trinajstić information content (AvgIpc) is 2.06. The van der Waals surface area contributed by atoms with Gasteiger partial charge in [-0.1, -0.05) is 22.0 Å². The first-order valence-corrected chi connectivity index (χ1v) is 4.47. The first-order chi connectivity index (χ1) is 5.70. The van der Waals surface area contributed by atoms with Crippen LogP contribution in [0.3, 0.4) is 0 Å². The number of carbonyl (C=O) groups is 1. The van der Waals surface area contributed by atoms with Crippen LogP contribution in [0.2, 0.25) is 0 Å². The molecule has 0 bridgehead atoms. The fourth-order valence-electron chi connectivity index (χ4n) is 0.662. The molecule has 13 heavy (non-hydrogen) atoms. The highest BCUT2D eigenvalue weighted by Crippen LogP contribution is 2.04. The van der Waals surface area contributed by atoms with E-state index in [4.69, 9.17) is 0 Å². The van der Waals surface area contributed by atoms with Crippen molar-refractivity contribution in [2.24, 2.45) is 0 Å². The van der Waals surface area contributed by atoms with Crippen LogP contribution in [0, 0.1) is 0 Å². The number of alkyl halides is 1. The third kappa shape index (κ3) is 4.38. The predicted octanol–water partition coefficient (Wildman–Crippen LogP) is 2.38. The number of nitrogens with one attached hydrogen (secondary N) is 1. The zero-order chi connectivity index (χ0) is 8.97. The fraction of sp³-hybridized carbons (Fsp3) is 0.250. The van der Waals surface area contributed by atoms with Gasteiger partial charge in [0.1, 0.15) is 5.82 Å². The lowest BCUT2D eigenvalue weighted by Gasteiger charge is -2.04. The number of amides is 1. The lowest BCUT2D eigenvalue weighted by molar-refractivity contribution is -0.115. The number of carbonyl (C=O) groups excluding carboxylic acids is 1. The standard InChI is InChI=1S/C8H9BrN2O.BrH/c1-6(9)8(12)11-7-4-2-3-5-10-7;/h2-6H,1H3,(H,10,11,12);1H. The Bertz CT molecular complexity index is 264. The van der Waals surface area contributed by atoms with Crippen molar-refractivity contribution in [1.29, 1.82) is 0 Å². The summed E-state index contributed by atoms with van der Waals surface area (Å²) >= 11 is 3.16. The van der Waals surface area contributed by atoms with Crippen molar-refractivity contribution in [2.45, 2.75) is 11.8 Å². The second-order valence-corrected chi connectivity index (χ2v) is 3.69. The van der Waals surface area contributed by atoms with Gasteiger partial charge in [-0.2, -0.15) is 0 Å². The van der Waals surface area contributed by atoms with E-state index in [9.17, 15) is 4.79 Å². The smallest absolute Gasteiger partial charge is 0.239 e. The lowest BCUT2D eigenvalue weighted by atomic mass is 10.4. The van der Waals surface area contributed by atoms with E-state index in [-0.39, 0.29) is 27.7 Å². The van der Waals surface area contributed by atoms with Gasteiger partial charge in [0, 0.05) is 6.20 Å². The zero-order valence-electron chi connectivity index (χ0n) is 7.03. The van der Waals surface area contributed by atoms with Gasteiger partial charge in [-0.05, 0) is 19.1 Å². The monoisotopic (exact) mass is 308 g/mol. The summed E-state index contributed by atoms with van der Waals surface area (Å²) in [5, 5.41) is 2.64. The summed E-state index contributed by atoms with van der Waals surface area (Å²) in [5.74, 6) is 0.488. The molecule has 0 radical (unpaired) electrons. The SMILES string of the molecule is Br.CC(Br)C(=O)Nc1ccccn1. The molecule has 1 aromatic heterocycles. The van der Waals surface area contributed by atoms with Crippen molar-refractivity contribution in [3.05, 3.63) is 24.4 Å². The van der Waals surface area contributed by atoms with Gasteiger partial charge in [-0.3, -0.25) is 4.79 Å². The molecule has 5 heteroatoms. The van der Waals surface area contributed by atoms with Crippen LogP contribution in [0.15, 0.2) is 24.4 Å². The predicted molar refractivity (Wildman–Crippen MR) is 61.6 cm³/mol. The van der Waals surface area contributed by atoms with E-state index in [0.29, 0.717) is 5.82 Å². The van der Waals surface area contributed by atoms with E-state index in [1.165, 1.54) is 0 Å². The minimum Gasteiger partial charge on any atom is -0.310 e. The number of hydrogen-bond donors (Lipinski definition) is 1. The van der Waals surface area contributed by atoms with Gasteiger partial charge in [0.25, 0.3) is 0 Å². The van der Waals surface area contributed by atoms with Gasteiger partial charge in [-0.15, -0.1) is 17.0 Å². The first kappa shape index (κ1) is 12.6. The van der Waals surface area contributed by atoms with E-state index < -0.39 is 0 Å². The molecule has 1 atom stereocenters. The van der Waals surface area contributed by atoms with Crippen LogP contribution in [-0.2, 0) is 4.79 Å². The topological polar surface area (TPSA) is 42.0 Å². The number of hydrogen-bond acceptors (Lipinski definition) is 2. The first-order valence-electron chi connectivity index (χ1n) is 3.56. The van der Waals surface area contributed by atoms with Gasteiger partial charge in [0.05, 0.1) is 4.83 Å². The third-order valence-corrected chi connectivity index (χ3v) is 1.69. The molecule has 0 aliphatic rings. The normalized spacial score (nSPS) is 11.2. The minimum atomic E-state index is -0.195. The van der Waals surface area contributed by atoms with Crippen molar-refractivity contribution in [2.75, 3.05) is 5.32 Å². The maximum atomic E-state index is 11.1. The van der Waals surface area contributed by atoms with Gasteiger partial charge in [-0.25, -0.2) is 4.98 Å². The Kier molecular flexibility index (Phi) is 5.90. The van der Waals surface area contributed by atoms with Gasteiger partial charge < -0.3 is 5.32 Å². The molecule has 0 saturated heterocycles. The van der Waals surface area contributed by atoms with Crippen LogP contribution < -0.4 is 5.32 Å². The van der Waals surface area contributed by atoms with Crippen LogP contribution in [0.1, 0.15) is 6.92 Å². The second-order valence-electron chi connectivity index (χ2n) is 2.32. The summed E-state index contributed by atoms with van der Waals surface area (Å²) in [7, 11) is 0. The summed E-state index contributed by atoms with van der Waals surface area (Å²) in [6, 6.07) is 5.36. The molecule has 1 heterocycles. The number of halogens is 2. The number of aromatic nitrogens is 1. The van der Waals surface area contributed by atoms with E-state index in [2.05, 4.69) is 26.2 Å². The second kappa shape index (κ2) is 6.10. The Morgan fingerprint density at radius 2 is 2.31 bits per heavy atom. The molecule has 1 N–H and O–H groups in total. The molecule has 0 aliphatic carbocycles. The number of pyridine rings is 1. The van der Waals surface area contributed by atoms with Crippen molar-refractivity contribution < 1.29 is 4.79 Å². The Hall–Kier alpha value is -0.420. The van der Waals surface area contributed by atoms with Crippen LogP contribution in [0.5, 0.6) is 0 Å². The molecule has 0 saturated carbocycles. The molecule has 72 valence electrons. The summed E-state index contributed by atoms with van der Waals surface area (Å²) < 4.78 is 0. The van der Waals surface area contributed by atoms with Crippen LogP contribution in [0.25, 0.3) is 0 Å². The zero-order valence-corrected chi connectivity index (χ0v) is 10.3. The largest absolute Gasteiger partial charge is 0.310 e. The summed E-state index contributed by atoms with van der Waals surface area (Å²) in [6.45, 7) is 1.76. The van der Waals surface area contributed by atoms with E-state index in [1.54, 1.807) is 25.3 Å². The van der Waals surface area contributed by atoms with E-state index in [1.807, 2.05) is 6.07 Å². The Morgan fingerprint density at radius 1 is 1.62 bits per heavy atom. The number of anilines is 1. The van der Waals surface area contributed by atoms with Crippen molar-refractivity contribution in [3.63, 3.8) is 0 Å². The van der Waals surface area contributed by atoms with Crippen LogP contribution in [0.4, 0.5) is 5.82 Å². The molecular formula is C8H10Br2N2O. The molecule has 1 amide bonds. The van der Waals surface area contributed by atoms with E-state index >= 15 is 0 Å². The molecule has 0 spiro atoms. The highest BCUT2D eigenvalue weighted by atomic mass is 79.9. The Morgan fingerprint density at radius 3 is 2.77 bits per heavy atom. The molecule has 0 aromatic carbocycles. The maximum absolute atomic E-state index is 11.1. The average molecular weight is 310 g/mol. The molecule has 3 nitrogen and oxygen atoms in total. The quantitative estimate of drug-likeness (QED) is 0.852. The summed E-state index contributed by atoms with van der Waals surface area (Å²) in [6.07, 6.45) is 1.63. The lowest BCUT2D eigenvalue weighted by Crippen LogP contribution is -2.20. The molecular weight excluding hydrogens is 300 g/mol. The molecule has 1 unspecified atom stereocenters. The number of nitrogens with zero attached hydrogens (tertiary/aromatic N) is 1. The van der Waals surface area contributed by atoms with Crippen LogP contribution >= 0.6 is 32.9 Å². The number of rotatable bonds is 2. The van der Waals surface area contributed by atoms with Gasteiger partial charge in [0.2, 0.25) is 5.91 Å². The molecule has 0 fully saturated rings. The Labute approximate surface area is 95.8 Å². The minimum absolute atomic E-state index is 0. The molecule has 0 aliphatic heterocycles. The summed E-state index contributed by atoms with van der Waals surface area (Å²) in [5.41, 5.74) is 0. The third-order valence-electron chi connectivity index (χ3n) is 1.28. The van der Waals surface area contributed by atoms with E-state index in [0.717, 1.165) is 0 Å². The molecule has 1 aromatic rings. The van der Waals surface area contributed by atoms with Gasteiger partial charge in [0.15, 0.2) is 0 Å². The van der Waals surface area contributed by atoms with Crippen molar-refractivity contribution in [3.8, 4) is 0 Å². The highest BCUT2D eigenvalue weighted by Gasteiger charge is 2.07. The fourth-order valence-corrected chi connectivity index (χ4v) is 0.777. The van der Waals surface area contributed by atoms with Gasteiger partial charge >= 0.3 is 0 Å². The maximum Gasteiger partial charge on any atom is 0.239 e.